The van der Waals surface area contributed by atoms with Crippen molar-refractivity contribution in [1.82, 2.24) is 4.98 Å². The standard InChI is InChI=1S/C11H7Cl2NO/c12-8-5-6-14-11(7-8)15-10-4-2-1-3-9(10)13/h1-7H. The molecule has 0 aliphatic heterocycles. The number of ether oxygens (including phenoxy) is 1. The number of para-hydroxylation sites is 1. The molecule has 0 amide bonds. The number of hydrogen-bond donors (Lipinski definition) is 0. The van der Waals surface area contributed by atoms with Gasteiger partial charge in [0.15, 0.2) is 0 Å². The largest absolute Gasteiger partial charge is 0.437 e. The zero-order valence-corrected chi connectivity index (χ0v) is 9.16. The zero-order valence-electron chi connectivity index (χ0n) is 7.65. The molecule has 0 bridgehead atoms. The molecule has 4 heteroatoms. The quantitative estimate of drug-likeness (QED) is 0.785. The smallest absolute Gasteiger partial charge is 0.220 e. The maximum atomic E-state index is 5.93. The fourth-order valence-electron chi connectivity index (χ4n) is 1.08. The molecule has 76 valence electrons. The normalized spacial score (nSPS) is 10.0. The van der Waals surface area contributed by atoms with Crippen LogP contribution in [0.15, 0.2) is 42.6 Å². The van der Waals surface area contributed by atoms with E-state index in [9.17, 15) is 0 Å². The summed E-state index contributed by atoms with van der Waals surface area (Å²) in [7, 11) is 0. The lowest BCUT2D eigenvalue weighted by Crippen LogP contribution is -1.87. The molecule has 0 N–H and O–H groups in total. The molecule has 2 aromatic rings. The minimum Gasteiger partial charge on any atom is -0.437 e. The summed E-state index contributed by atoms with van der Waals surface area (Å²) in [5.41, 5.74) is 0. The van der Waals surface area contributed by atoms with Gasteiger partial charge < -0.3 is 4.74 Å². The summed E-state index contributed by atoms with van der Waals surface area (Å²) in [6.07, 6.45) is 1.58. The van der Waals surface area contributed by atoms with Gasteiger partial charge in [-0.25, -0.2) is 4.98 Å². The second-order valence-electron chi connectivity index (χ2n) is 2.84. The Balaban J connectivity index is 2.26. The summed E-state index contributed by atoms with van der Waals surface area (Å²) < 4.78 is 5.46. The topological polar surface area (TPSA) is 22.1 Å². The summed E-state index contributed by atoms with van der Waals surface area (Å²) in [5, 5.41) is 1.12. The van der Waals surface area contributed by atoms with Crippen LogP contribution in [0.5, 0.6) is 11.6 Å². The third-order valence-corrected chi connectivity index (χ3v) is 2.30. The van der Waals surface area contributed by atoms with Gasteiger partial charge in [-0.15, -0.1) is 0 Å². The molecule has 2 rings (SSSR count). The van der Waals surface area contributed by atoms with Crippen molar-refractivity contribution in [3.8, 4) is 11.6 Å². The van der Waals surface area contributed by atoms with Crippen molar-refractivity contribution < 1.29 is 4.74 Å². The maximum absolute atomic E-state index is 5.93. The van der Waals surface area contributed by atoms with E-state index >= 15 is 0 Å². The lowest BCUT2D eigenvalue weighted by molar-refractivity contribution is 0.463. The molecule has 0 unspecified atom stereocenters. The Kier molecular flexibility index (Phi) is 3.09. The number of hydrogen-bond acceptors (Lipinski definition) is 2. The molecule has 0 saturated carbocycles. The second kappa shape index (κ2) is 4.51. The molecule has 0 fully saturated rings. The van der Waals surface area contributed by atoms with Gasteiger partial charge in [0.05, 0.1) is 5.02 Å². The van der Waals surface area contributed by atoms with Crippen LogP contribution < -0.4 is 4.74 Å². The number of rotatable bonds is 2. The predicted molar refractivity (Wildman–Crippen MR) is 60.8 cm³/mol. The van der Waals surface area contributed by atoms with Gasteiger partial charge in [0.25, 0.3) is 0 Å². The first-order chi connectivity index (χ1) is 7.25. The average molecular weight is 240 g/mol. The second-order valence-corrected chi connectivity index (χ2v) is 3.69. The van der Waals surface area contributed by atoms with Crippen LogP contribution in [0.4, 0.5) is 0 Å². The van der Waals surface area contributed by atoms with Crippen molar-refractivity contribution in [2.24, 2.45) is 0 Å². The molecular formula is C11H7Cl2NO. The highest BCUT2D eigenvalue weighted by Gasteiger charge is 2.02. The summed E-state index contributed by atoms with van der Waals surface area (Å²) in [5.74, 6) is 0.990. The number of nitrogens with zero attached hydrogens (tertiary/aromatic N) is 1. The average Bonchev–Trinajstić information content (AvgIpc) is 2.22. The van der Waals surface area contributed by atoms with Gasteiger partial charge in [0.2, 0.25) is 5.88 Å². The fourth-order valence-corrected chi connectivity index (χ4v) is 1.41. The number of halogens is 2. The minimum atomic E-state index is 0.426. The van der Waals surface area contributed by atoms with E-state index in [1.807, 2.05) is 12.1 Å². The predicted octanol–water partition coefficient (Wildman–Crippen LogP) is 4.18. The molecule has 0 radical (unpaired) electrons. The van der Waals surface area contributed by atoms with Crippen LogP contribution in [0, 0.1) is 0 Å². The number of benzene rings is 1. The van der Waals surface area contributed by atoms with Crippen LogP contribution in [0.1, 0.15) is 0 Å². The maximum Gasteiger partial charge on any atom is 0.220 e. The van der Waals surface area contributed by atoms with Gasteiger partial charge in [0.1, 0.15) is 5.75 Å². The Morgan fingerprint density at radius 1 is 1.07 bits per heavy atom. The third-order valence-electron chi connectivity index (χ3n) is 1.75. The van der Waals surface area contributed by atoms with Gasteiger partial charge in [0, 0.05) is 17.3 Å². The molecule has 0 aliphatic rings. The van der Waals surface area contributed by atoms with Crippen molar-refractivity contribution >= 4 is 23.2 Å². The lowest BCUT2D eigenvalue weighted by Gasteiger charge is -2.05. The number of aromatic nitrogens is 1. The third kappa shape index (κ3) is 2.61. The molecule has 0 spiro atoms. The summed E-state index contributed by atoms with van der Waals surface area (Å²) in [4.78, 5) is 4.01. The van der Waals surface area contributed by atoms with Crippen molar-refractivity contribution in [2.45, 2.75) is 0 Å². The van der Waals surface area contributed by atoms with Gasteiger partial charge in [-0.3, -0.25) is 0 Å². The fraction of sp³-hybridized carbons (Fsp3) is 0. The first-order valence-corrected chi connectivity index (χ1v) is 5.05. The van der Waals surface area contributed by atoms with E-state index in [4.69, 9.17) is 27.9 Å². The van der Waals surface area contributed by atoms with Crippen LogP contribution in [-0.2, 0) is 0 Å². The van der Waals surface area contributed by atoms with E-state index < -0.39 is 0 Å². The van der Waals surface area contributed by atoms with Crippen molar-refractivity contribution in [1.29, 1.82) is 0 Å². The molecule has 0 saturated heterocycles. The van der Waals surface area contributed by atoms with Crippen LogP contribution >= 0.6 is 23.2 Å². The molecule has 0 aliphatic carbocycles. The molecule has 1 aromatic carbocycles. The molecular weight excluding hydrogens is 233 g/mol. The SMILES string of the molecule is Clc1ccnc(Oc2ccccc2Cl)c1. The van der Waals surface area contributed by atoms with Crippen LogP contribution in [-0.4, -0.2) is 4.98 Å². The van der Waals surface area contributed by atoms with E-state index in [1.165, 1.54) is 0 Å². The van der Waals surface area contributed by atoms with Gasteiger partial charge in [-0.05, 0) is 18.2 Å². The van der Waals surface area contributed by atoms with Crippen LogP contribution in [0.25, 0.3) is 0 Å². The van der Waals surface area contributed by atoms with Gasteiger partial charge in [-0.2, -0.15) is 0 Å². The number of pyridine rings is 1. The highest BCUT2D eigenvalue weighted by Crippen LogP contribution is 2.28. The zero-order chi connectivity index (χ0) is 10.7. The Hall–Kier alpha value is -1.25. The highest BCUT2D eigenvalue weighted by atomic mass is 35.5. The van der Waals surface area contributed by atoms with Crippen LogP contribution in [0.2, 0.25) is 10.0 Å². The lowest BCUT2D eigenvalue weighted by atomic mass is 10.3. The highest BCUT2D eigenvalue weighted by molar-refractivity contribution is 6.32. The summed E-state index contributed by atoms with van der Waals surface area (Å²) in [6, 6.07) is 10.5. The van der Waals surface area contributed by atoms with E-state index in [0.717, 1.165) is 0 Å². The Morgan fingerprint density at radius 2 is 1.87 bits per heavy atom. The van der Waals surface area contributed by atoms with Gasteiger partial charge in [-0.1, -0.05) is 35.3 Å². The van der Waals surface area contributed by atoms with Crippen molar-refractivity contribution in [3.63, 3.8) is 0 Å². The van der Waals surface area contributed by atoms with E-state index in [0.29, 0.717) is 21.7 Å². The molecule has 1 heterocycles. The molecule has 1 aromatic heterocycles. The summed E-state index contributed by atoms with van der Waals surface area (Å²) in [6.45, 7) is 0. The van der Waals surface area contributed by atoms with Crippen LogP contribution in [0.3, 0.4) is 0 Å². The van der Waals surface area contributed by atoms with E-state index in [-0.39, 0.29) is 0 Å². The minimum absolute atomic E-state index is 0.426. The Bertz CT molecular complexity index is 474. The Labute approximate surface area is 97.4 Å². The monoisotopic (exact) mass is 239 g/mol. The van der Waals surface area contributed by atoms with Gasteiger partial charge >= 0.3 is 0 Å². The first-order valence-electron chi connectivity index (χ1n) is 4.29. The Morgan fingerprint density at radius 3 is 2.60 bits per heavy atom. The van der Waals surface area contributed by atoms with Crippen molar-refractivity contribution in [2.75, 3.05) is 0 Å². The van der Waals surface area contributed by atoms with Crippen molar-refractivity contribution in [3.05, 3.63) is 52.6 Å². The summed E-state index contributed by atoms with van der Waals surface area (Å²) >= 11 is 11.7. The van der Waals surface area contributed by atoms with E-state index in [1.54, 1.807) is 30.5 Å². The first kappa shape index (κ1) is 10.3. The molecule has 2 nitrogen and oxygen atoms in total. The van der Waals surface area contributed by atoms with E-state index in [2.05, 4.69) is 4.98 Å². The molecule has 15 heavy (non-hydrogen) atoms. The molecule has 0 atom stereocenters.